The Hall–Kier alpha value is -3.67. The molecular formula is C25H16ClF2N3O2S. The fourth-order valence-corrected chi connectivity index (χ4v) is 4.81. The van der Waals surface area contributed by atoms with Crippen LogP contribution in [0.15, 0.2) is 83.4 Å². The SMILES string of the molecule is N#C/C(C(=O)Nc1ccc(F)cc1)=C1\S[C@@H](Cc2ccc(Cl)cc2)C(=O)N1c1ccc(F)cc1. The molecule has 1 aliphatic rings. The molecule has 1 atom stereocenters. The van der Waals surface area contributed by atoms with Gasteiger partial charge in [-0.2, -0.15) is 5.26 Å². The summed E-state index contributed by atoms with van der Waals surface area (Å²) in [5, 5.41) is 12.5. The van der Waals surface area contributed by atoms with Crippen molar-refractivity contribution >= 4 is 46.6 Å². The lowest BCUT2D eigenvalue weighted by Gasteiger charge is -2.18. The first-order valence-corrected chi connectivity index (χ1v) is 11.3. The van der Waals surface area contributed by atoms with Gasteiger partial charge >= 0.3 is 0 Å². The van der Waals surface area contributed by atoms with E-state index in [0.717, 1.165) is 17.3 Å². The van der Waals surface area contributed by atoms with E-state index in [2.05, 4.69) is 5.32 Å². The van der Waals surface area contributed by atoms with Gasteiger partial charge in [-0.05, 0) is 72.6 Å². The molecule has 34 heavy (non-hydrogen) atoms. The Morgan fingerprint density at radius 1 is 1.00 bits per heavy atom. The van der Waals surface area contributed by atoms with Gasteiger partial charge in [0.1, 0.15) is 28.3 Å². The highest BCUT2D eigenvalue weighted by molar-refractivity contribution is 8.05. The number of halogens is 3. The first kappa shape index (κ1) is 23.5. The molecule has 0 aliphatic carbocycles. The maximum Gasteiger partial charge on any atom is 0.269 e. The minimum absolute atomic E-state index is 0.137. The molecule has 0 bridgehead atoms. The van der Waals surface area contributed by atoms with Crippen molar-refractivity contribution < 1.29 is 18.4 Å². The molecule has 0 unspecified atom stereocenters. The van der Waals surface area contributed by atoms with Crippen molar-refractivity contribution in [3.63, 3.8) is 0 Å². The summed E-state index contributed by atoms with van der Waals surface area (Å²) in [5.41, 5.74) is 1.19. The summed E-state index contributed by atoms with van der Waals surface area (Å²) in [4.78, 5) is 27.6. The number of hydrogen-bond donors (Lipinski definition) is 1. The Kier molecular flexibility index (Phi) is 6.96. The molecule has 0 spiro atoms. The third-order valence-corrected chi connectivity index (χ3v) is 6.54. The van der Waals surface area contributed by atoms with E-state index in [1.807, 2.05) is 6.07 Å². The number of amides is 2. The van der Waals surface area contributed by atoms with Crippen molar-refractivity contribution in [2.45, 2.75) is 11.7 Å². The smallest absolute Gasteiger partial charge is 0.269 e. The van der Waals surface area contributed by atoms with Crippen molar-refractivity contribution in [1.82, 2.24) is 0 Å². The number of hydrogen-bond acceptors (Lipinski definition) is 4. The fraction of sp³-hybridized carbons (Fsp3) is 0.0800. The molecule has 0 saturated carbocycles. The van der Waals surface area contributed by atoms with Gasteiger partial charge in [0.25, 0.3) is 5.91 Å². The fourth-order valence-electron chi connectivity index (χ4n) is 3.37. The number of anilines is 2. The molecule has 170 valence electrons. The second kappa shape index (κ2) is 10.1. The van der Waals surface area contributed by atoms with Gasteiger partial charge in [0.2, 0.25) is 5.91 Å². The van der Waals surface area contributed by atoms with E-state index in [9.17, 15) is 23.6 Å². The van der Waals surface area contributed by atoms with E-state index in [1.165, 1.54) is 53.4 Å². The maximum atomic E-state index is 13.5. The molecule has 0 aromatic heterocycles. The molecule has 0 radical (unpaired) electrons. The summed E-state index contributed by atoms with van der Waals surface area (Å²) in [6, 6.07) is 19.2. The first-order valence-electron chi connectivity index (χ1n) is 10.1. The zero-order valence-electron chi connectivity index (χ0n) is 17.5. The highest BCUT2D eigenvalue weighted by Crippen LogP contribution is 2.42. The van der Waals surface area contributed by atoms with Crippen LogP contribution in [0.3, 0.4) is 0 Å². The molecule has 1 aliphatic heterocycles. The molecule has 1 N–H and O–H groups in total. The molecule has 3 aromatic carbocycles. The Morgan fingerprint density at radius 3 is 2.18 bits per heavy atom. The van der Waals surface area contributed by atoms with Crippen LogP contribution in [0.1, 0.15) is 5.56 Å². The van der Waals surface area contributed by atoms with E-state index >= 15 is 0 Å². The van der Waals surface area contributed by atoms with Crippen LogP contribution in [0.2, 0.25) is 5.02 Å². The van der Waals surface area contributed by atoms with E-state index in [-0.39, 0.29) is 16.5 Å². The van der Waals surface area contributed by atoms with Crippen molar-refractivity contribution in [1.29, 1.82) is 5.26 Å². The Labute approximate surface area is 203 Å². The van der Waals surface area contributed by atoms with Crippen LogP contribution in [-0.4, -0.2) is 17.1 Å². The highest BCUT2D eigenvalue weighted by atomic mass is 35.5. The average Bonchev–Trinajstić information content (AvgIpc) is 3.13. The minimum Gasteiger partial charge on any atom is -0.321 e. The molecule has 5 nitrogen and oxygen atoms in total. The number of nitrogens with zero attached hydrogens (tertiary/aromatic N) is 2. The molecule has 9 heteroatoms. The summed E-state index contributed by atoms with van der Waals surface area (Å²) in [7, 11) is 0. The molecule has 1 heterocycles. The molecular weight excluding hydrogens is 480 g/mol. The van der Waals surface area contributed by atoms with Crippen LogP contribution >= 0.6 is 23.4 Å². The number of nitriles is 1. The maximum absolute atomic E-state index is 13.5. The number of thioether (sulfide) groups is 1. The quantitative estimate of drug-likeness (QED) is 0.365. The normalized spacial score (nSPS) is 16.8. The van der Waals surface area contributed by atoms with Gasteiger partial charge in [0.05, 0.1) is 5.25 Å². The second-order valence-corrected chi connectivity index (χ2v) is 8.97. The van der Waals surface area contributed by atoms with Crippen LogP contribution in [0.25, 0.3) is 0 Å². The lowest BCUT2D eigenvalue weighted by Crippen LogP contribution is -2.30. The van der Waals surface area contributed by atoms with Crippen LogP contribution in [0, 0.1) is 23.0 Å². The largest absolute Gasteiger partial charge is 0.321 e. The van der Waals surface area contributed by atoms with Gasteiger partial charge in [0.15, 0.2) is 0 Å². The van der Waals surface area contributed by atoms with Crippen LogP contribution in [0.5, 0.6) is 0 Å². The van der Waals surface area contributed by atoms with Gasteiger partial charge < -0.3 is 5.32 Å². The van der Waals surface area contributed by atoms with Crippen molar-refractivity contribution in [2.75, 3.05) is 10.2 Å². The number of carbonyl (C=O) groups excluding carboxylic acids is 2. The Morgan fingerprint density at radius 2 is 1.59 bits per heavy atom. The van der Waals surface area contributed by atoms with Crippen LogP contribution in [-0.2, 0) is 16.0 Å². The van der Waals surface area contributed by atoms with Crippen molar-refractivity contribution in [2.24, 2.45) is 0 Å². The standard InChI is InChI=1S/C25H16ClF2N3O2S/c26-16-3-1-15(2-4-16)13-22-24(33)31(20-11-7-18(28)8-12-20)25(34-22)21(14-29)23(32)30-19-9-5-17(27)6-10-19/h1-12,22H,13H2,(H,30,32)/b25-21+/t22-/m0/s1. The Balaban J connectivity index is 1.71. The summed E-state index contributed by atoms with van der Waals surface area (Å²) in [5.74, 6) is -2.05. The van der Waals surface area contributed by atoms with E-state index in [4.69, 9.17) is 11.6 Å². The zero-order valence-corrected chi connectivity index (χ0v) is 19.0. The van der Waals surface area contributed by atoms with E-state index in [0.29, 0.717) is 22.8 Å². The summed E-state index contributed by atoms with van der Waals surface area (Å²) >= 11 is 7.03. The van der Waals surface area contributed by atoms with Gasteiger partial charge in [-0.25, -0.2) is 8.78 Å². The lowest BCUT2D eigenvalue weighted by molar-refractivity contribution is -0.117. The topological polar surface area (TPSA) is 73.2 Å². The number of nitrogens with one attached hydrogen (secondary N) is 1. The number of benzene rings is 3. The monoisotopic (exact) mass is 495 g/mol. The lowest BCUT2D eigenvalue weighted by atomic mass is 10.1. The predicted octanol–water partition coefficient (Wildman–Crippen LogP) is 5.68. The summed E-state index contributed by atoms with van der Waals surface area (Å²) < 4.78 is 26.7. The van der Waals surface area contributed by atoms with Gasteiger partial charge in [-0.15, -0.1) is 0 Å². The molecule has 3 aromatic rings. The van der Waals surface area contributed by atoms with Crippen LogP contribution in [0.4, 0.5) is 20.2 Å². The van der Waals surface area contributed by atoms with Crippen LogP contribution < -0.4 is 10.2 Å². The van der Waals surface area contributed by atoms with Gasteiger partial charge in [-0.3, -0.25) is 14.5 Å². The third kappa shape index (κ3) is 5.11. The number of rotatable bonds is 5. The summed E-state index contributed by atoms with van der Waals surface area (Å²) in [6.07, 6.45) is 0.333. The predicted molar refractivity (Wildman–Crippen MR) is 128 cm³/mol. The second-order valence-electron chi connectivity index (χ2n) is 7.34. The molecule has 1 saturated heterocycles. The van der Waals surface area contributed by atoms with Crippen molar-refractivity contribution in [3.8, 4) is 6.07 Å². The van der Waals surface area contributed by atoms with Gasteiger partial charge in [-0.1, -0.05) is 35.5 Å². The molecule has 2 amide bonds. The number of carbonyl (C=O) groups is 2. The average molecular weight is 496 g/mol. The molecule has 4 rings (SSSR count). The third-order valence-electron chi connectivity index (χ3n) is 5.03. The van der Waals surface area contributed by atoms with E-state index < -0.39 is 22.8 Å². The highest BCUT2D eigenvalue weighted by Gasteiger charge is 2.40. The molecule has 1 fully saturated rings. The van der Waals surface area contributed by atoms with E-state index in [1.54, 1.807) is 24.3 Å². The summed E-state index contributed by atoms with van der Waals surface area (Å²) in [6.45, 7) is 0. The zero-order chi connectivity index (χ0) is 24.2. The first-order chi connectivity index (χ1) is 16.4. The van der Waals surface area contributed by atoms with Gasteiger partial charge in [0, 0.05) is 16.4 Å². The Bertz CT molecular complexity index is 1300. The minimum atomic E-state index is -0.747. The van der Waals surface area contributed by atoms with Crippen molar-refractivity contribution in [3.05, 3.63) is 106 Å².